The Bertz CT molecular complexity index is 1160. The number of nitrogen functional groups attached to an aromatic ring is 1. The van der Waals surface area contributed by atoms with Crippen molar-refractivity contribution in [2.24, 2.45) is 5.92 Å². The van der Waals surface area contributed by atoms with Gasteiger partial charge in [-0.25, -0.2) is 4.79 Å². The van der Waals surface area contributed by atoms with Crippen LogP contribution in [0.1, 0.15) is 33.2 Å². The zero-order valence-electron chi connectivity index (χ0n) is 20.0. The largest absolute Gasteiger partial charge is 0.407 e. The summed E-state index contributed by atoms with van der Waals surface area (Å²) < 4.78 is 8.66. The molecule has 1 heterocycles. The summed E-state index contributed by atoms with van der Waals surface area (Å²) >= 11 is 0. The van der Waals surface area contributed by atoms with Crippen LogP contribution in [0.15, 0.2) is 89.4 Å². The summed E-state index contributed by atoms with van der Waals surface area (Å²) in [5.41, 5.74) is 6.17. The van der Waals surface area contributed by atoms with Crippen LogP contribution >= 0.6 is 0 Å². The van der Waals surface area contributed by atoms with Gasteiger partial charge in [0.15, 0.2) is 0 Å². The van der Waals surface area contributed by atoms with E-state index in [1.54, 1.807) is 16.8 Å². The van der Waals surface area contributed by atoms with E-state index >= 15 is 0 Å². The molecule has 0 saturated carbocycles. The van der Waals surface area contributed by atoms with Crippen molar-refractivity contribution in [1.29, 1.82) is 0 Å². The van der Waals surface area contributed by atoms with Gasteiger partial charge in [-0.2, -0.15) is 4.98 Å². The number of nitrogens with two attached hydrogens (primary N) is 1. The van der Waals surface area contributed by atoms with Crippen LogP contribution in [0.5, 0.6) is 0 Å². The highest BCUT2D eigenvalue weighted by atomic mass is 28.4. The molecular formula is C27H33N3O3Si. The van der Waals surface area contributed by atoms with Gasteiger partial charge in [-0.3, -0.25) is 4.57 Å². The minimum absolute atomic E-state index is 0.00102. The van der Waals surface area contributed by atoms with Crippen LogP contribution in [-0.2, 0) is 4.43 Å². The van der Waals surface area contributed by atoms with E-state index in [0.717, 1.165) is 5.57 Å². The third-order valence-electron chi connectivity index (χ3n) is 6.77. The third kappa shape index (κ3) is 4.51. The van der Waals surface area contributed by atoms with Gasteiger partial charge >= 0.3 is 5.69 Å². The molecule has 1 aliphatic carbocycles. The van der Waals surface area contributed by atoms with Crippen LogP contribution < -0.4 is 21.8 Å². The van der Waals surface area contributed by atoms with Crippen LogP contribution in [0.2, 0.25) is 5.04 Å². The summed E-state index contributed by atoms with van der Waals surface area (Å²) in [4.78, 5) is 16.3. The molecule has 3 aromatic rings. The predicted octanol–water partition coefficient (Wildman–Crippen LogP) is 2.88. The Morgan fingerprint density at radius 2 is 1.65 bits per heavy atom. The fourth-order valence-corrected chi connectivity index (χ4v) is 9.72. The van der Waals surface area contributed by atoms with Gasteiger partial charge in [0.2, 0.25) is 0 Å². The zero-order valence-corrected chi connectivity index (χ0v) is 21.0. The van der Waals surface area contributed by atoms with E-state index in [1.165, 1.54) is 10.4 Å². The minimum atomic E-state index is -2.69. The molecule has 0 bridgehead atoms. The van der Waals surface area contributed by atoms with E-state index in [-0.39, 0.29) is 35.1 Å². The summed E-state index contributed by atoms with van der Waals surface area (Å²) in [6.07, 6.45) is 4.31. The second kappa shape index (κ2) is 9.70. The molecular weight excluding hydrogens is 442 g/mol. The first-order chi connectivity index (χ1) is 16.3. The van der Waals surface area contributed by atoms with Gasteiger partial charge in [-0.1, -0.05) is 87.5 Å². The molecule has 3 N–H and O–H groups in total. The van der Waals surface area contributed by atoms with E-state index < -0.39 is 8.32 Å². The summed E-state index contributed by atoms with van der Waals surface area (Å²) in [7, 11) is -2.69. The maximum atomic E-state index is 12.4. The third-order valence-corrected chi connectivity index (χ3v) is 11.8. The molecule has 0 aliphatic heterocycles. The van der Waals surface area contributed by atoms with Crippen molar-refractivity contribution >= 4 is 24.5 Å². The van der Waals surface area contributed by atoms with Gasteiger partial charge < -0.3 is 15.3 Å². The van der Waals surface area contributed by atoms with Crippen molar-refractivity contribution in [3.8, 4) is 0 Å². The number of aliphatic hydroxyl groups is 1. The highest BCUT2D eigenvalue weighted by Gasteiger charge is 2.50. The molecule has 1 aromatic heterocycles. The Kier molecular flexibility index (Phi) is 6.88. The molecule has 2 atom stereocenters. The highest BCUT2D eigenvalue weighted by molar-refractivity contribution is 6.99. The first-order valence-corrected chi connectivity index (χ1v) is 13.6. The zero-order chi connectivity index (χ0) is 24.3. The molecule has 34 heavy (non-hydrogen) atoms. The molecule has 0 amide bonds. The lowest BCUT2D eigenvalue weighted by Gasteiger charge is -2.43. The normalized spacial score (nSPS) is 18.6. The molecule has 1 aliphatic rings. The Hall–Kier alpha value is -3.00. The van der Waals surface area contributed by atoms with Crippen molar-refractivity contribution in [1.82, 2.24) is 9.55 Å². The van der Waals surface area contributed by atoms with E-state index in [0.29, 0.717) is 13.0 Å². The summed E-state index contributed by atoms with van der Waals surface area (Å²) in [6, 6.07) is 22.5. The molecule has 7 heteroatoms. The number of aromatic nitrogens is 2. The number of nitrogens with zero attached hydrogens (tertiary/aromatic N) is 2. The van der Waals surface area contributed by atoms with Crippen molar-refractivity contribution in [2.75, 3.05) is 18.9 Å². The average molecular weight is 476 g/mol. The molecule has 0 fully saturated rings. The maximum Gasteiger partial charge on any atom is 0.350 e. The number of rotatable bonds is 7. The monoisotopic (exact) mass is 475 g/mol. The number of benzene rings is 2. The average Bonchev–Trinajstić information content (AvgIpc) is 3.23. The van der Waals surface area contributed by atoms with Gasteiger partial charge in [0.25, 0.3) is 8.32 Å². The van der Waals surface area contributed by atoms with Gasteiger partial charge in [0.1, 0.15) is 5.82 Å². The van der Waals surface area contributed by atoms with Crippen LogP contribution in [0.25, 0.3) is 0 Å². The summed E-state index contributed by atoms with van der Waals surface area (Å²) in [5.74, 6) is 0.207. The number of anilines is 1. The standard InChI is InChI=1S/C27H33N3O3Si/c1-27(2,3)34(23-10-6-4-7-11-23,24-12-8-5-9-13-24)33-19-21-17-22(16-20(21)18-31)30-15-14-25(28)29-26(30)32/h4-16,21-22,31H,17-19H2,1-3H3,(H2,28,29,32)/t21-,22+/m1/s1. The lowest BCUT2D eigenvalue weighted by atomic mass is 10.0. The van der Waals surface area contributed by atoms with Crippen LogP contribution in [0.4, 0.5) is 5.82 Å². The van der Waals surface area contributed by atoms with Crippen molar-refractivity contribution in [3.63, 3.8) is 0 Å². The second-order valence-electron chi connectivity index (χ2n) is 9.92. The van der Waals surface area contributed by atoms with E-state index in [1.807, 2.05) is 18.2 Å². The van der Waals surface area contributed by atoms with E-state index in [4.69, 9.17) is 10.2 Å². The fraction of sp³-hybridized carbons (Fsp3) is 0.333. The minimum Gasteiger partial charge on any atom is -0.407 e. The molecule has 0 unspecified atom stereocenters. The van der Waals surface area contributed by atoms with E-state index in [9.17, 15) is 9.90 Å². The lowest BCUT2D eigenvalue weighted by Crippen LogP contribution is -2.66. The molecule has 0 spiro atoms. The first-order valence-electron chi connectivity index (χ1n) is 11.7. The topological polar surface area (TPSA) is 90.4 Å². The quantitative estimate of drug-likeness (QED) is 0.405. The van der Waals surface area contributed by atoms with Crippen LogP contribution in [0.3, 0.4) is 0 Å². The van der Waals surface area contributed by atoms with Crippen LogP contribution in [-0.4, -0.2) is 36.2 Å². The van der Waals surface area contributed by atoms with Gasteiger partial charge in [-0.15, -0.1) is 0 Å². The molecule has 6 nitrogen and oxygen atoms in total. The molecule has 0 radical (unpaired) electrons. The number of hydrogen-bond acceptors (Lipinski definition) is 5. The number of hydrogen-bond donors (Lipinski definition) is 2. The Morgan fingerprint density at radius 3 is 2.15 bits per heavy atom. The fourth-order valence-electron chi connectivity index (χ4n) is 5.11. The molecule has 178 valence electrons. The van der Waals surface area contributed by atoms with Gasteiger partial charge in [-0.05, 0) is 33.5 Å². The lowest BCUT2D eigenvalue weighted by molar-refractivity contribution is 0.229. The van der Waals surface area contributed by atoms with Crippen molar-refractivity contribution < 1.29 is 9.53 Å². The first kappa shape index (κ1) is 24.1. The highest BCUT2D eigenvalue weighted by Crippen LogP contribution is 2.39. The summed E-state index contributed by atoms with van der Waals surface area (Å²) in [5, 5.41) is 12.4. The molecule has 0 saturated heterocycles. The smallest absolute Gasteiger partial charge is 0.350 e. The van der Waals surface area contributed by atoms with Gasteiger partial charge in [0.05, 0.1) is 12.6 Å². The number of allylic oxidation sites excluding steroid dienone is 1. The maximum absolute atomic E-state index is 12.4. The summed E-state index contributed by atoms with van der Waals surface area (Å²) in [6.45, 7) is 7.15. The van der Waals surface area contributed by atoms with Gasteiger partial charge in [0, 0.05) is 18.7 Å². The Morgan fingerprint density at radius 1 is 1.06 bits per heavy atom. The van der Waals surface area contributed by atoms with Crippen LogP contribution in [0, 0.1) is 5.92 Å². The SMILES string of the molecule is CC(C)(C)[Si](OC[C@H]1C[C@@H](n2ccc(N)nc2=O)C=C1CO)(c1ccccc1)c1ccccc1. The number of aliphatic hydroxyl groups excluding tert-OH is 1. The second-order valence-corrected chi connectivity index (χ2v) is 14.2. The van der Waals surface area contributed by atoms with E-state index in [2.05, 4.69) is 74.3 Å². The Labute approximate surface area is 201 Å². The molecule has 2 aromatic carbocycles. The Balaban J connectivity index is 1.68. The molecule has 4 rings (SSSR count). The van der Waals surface area contributed by atoms with Crippen molar-refractivity contribution in [3.05, 3.63) is 95.1 Å². The predicted molar refractivity (Wildman–Crippen MR) is 139 cm³/mol. The van der Waals surface area contributed by atoms with Crippen molar-refractivity contribution in [2.45, 2.75) is 38.3 Å².